The number of rotatable bonds is 2. The van der Waals surface area contributed by atoms with E-state index < -0.39 is 0 Å². The van der Waals surface area contributed by atoms with E-state index in [1.54, 1.807) is 6.39 Å². The zero-order valence-corrected chi connectivity index (χ0v) is 12.5. The van der Waals surface area contributed by atoms with Crippen LogP contribution in [0.3, 0.4) is 0 Å². The van der Waals surface area contributed by atoms with Crippen molar-refractivity contribution in [2.24, 2.45) is 0 Å². The van der Waals surface area contributed by atoms with E-state index in [0.717, 1.165) is 43.8 Å². The van der Waals surface area contributed by atoms with Crippen LogP contribution in [-0.4, -0.2) is 43.7 Å². The minimum Gasteiger partial charge on any atom is -0.441 e. The van der Waals surface area contributed by atoms with Gasteiger partial charge in [0.1, 0.15) is 5.52 Å². The van der Waals surface area contributed by atoms with Crippen LogP contribution in [0.5, 0.6) is 0 Å². The molecule has 2 fully saturated rings. The maximum absolute atomic E-state index is 5.65. The summed E-state index contributed by atoms with van der Waals surface area (Å²) in [5, 5.41) is 3.45. The minimum atomic E-state index is 0.509. The Labute approximate surface area is 124 Å². The lowest BCUT2D eigenvalue weighted by molar-refractivity contribution is 0.501. The van der Waals surface area contributed by atoms with Gasteiger partial charge in [-0.05, 0) is 31.9 Å². The van der Waals surface area contributed by atoms with Crippen LogP contribution < -0.4 is 15.1 Å². The Kier molecular flexibility index (Phi) is 3.22. The molecule has 1 aromatic heterocycles. The highest BCUT2D eigenvalue weighted by atomic mass is 16.3. The normalized spacial score (nSPS) is 23.2. The van der Waals surface area contributed by atoms with Crippen molar-refractivity contribution < 1.29 is 4.42 Å². The van der Waals surface area contributed by atoms with Gasteiger partial charge in [-0.15, -0.1) is 0 Å². The summed E-state index contributed by atoms with van der Waals surface area (Å²) < 4.78 is 5.65. The van der Waals surface area contributed by atoms with Crippen LogP contribution in [0.25, 0.3) is 11.1 Å². The predicted molar refractivity (Wildman–Crippen MR) is 85.1 cm³/mol. The third-order valence-electron chi connectivity index (χ3n) is 4.68. The summed E-state index contributed by atoms with van der Waals surface area (Å²) in [6.45, 7) is 7.64. The first-order valence-electron chi connectivity index (χ1n) is 7.92. The fourth-order valence-corrected chi connectivity index (χ4v) is 3.52. The second-order valence-corrected chi connectivity index (χ2v) is 6.11. The fraction of sp³-hybridized carbons (Fsp3) is 0.562. The van der Waals surface area contributed by atoms with Crippen LogP contribution in [0, 0.1) is 0 Å². The maximum atomic E-state index is 5.65. The molecule has 3 heterocycles. The first-order chi connectivity index (χ1) is 10.3. The van der Waals surface area contributed by atoms with Crippen molar-refractivity contribution in [3.63, 3.8) is 0 Å². The fourth-order valence-electron chi connectivity index (χ4n) is 3.52. The maximum Gasteiger partial charge on any atom is 0.182 e. The molecule has 21 heavy (non-hydrogen) atoms. The number of aromatic nitrogens is 1. The van der Waals surface area contributed by atoms with Crippen molar-refractivity contribution in [3.05, 3.63) is 18.5 Å². The molecule has 0 spiro atoms. The van der Waals surface area contributed by atoms with E-state index in [9.17, 15) is 0 Å². The highest BCUT2D eigenvalue weighted by Gasteiger charge is 2.23. The van der Waals surface area contributed by atoms with Crippen LogP contribution in [-0.2, 0) is 0 Å². The standard InChI is InChI=1S/C16H22N4O/c1-12-10-17-4-7-20(12)13-8-14-16(21-11-18-14)15(9-13)19-5-2-3-6-19/h8-9,11-12,17H,2-7,10H2,1H3. The minimum absolute atomic E-state index is 0.509. The highest BCUT2D eigenvalue weighted by molar-refractivity contribution is 5.90. The molecular weight excluding hydrogens is 264 g/mol. The van der Waals surface area contributed by atoms with Gasteiger partial charge >= 0.3 is 0 Å². The Bertz CT molecular complexity index is 632. The zero-order valence-electron chi connectivity index (χ0n) is 12.5. The van der Waals surface area contributed by atoms with Gasteiger partial charge < -0.3 is 19.5 Å². The molecule has 112 valence electrons. The van der Waals surface area contributed by atoms with Crippen molar-refractivity contribution in [2.75, 3.05) is 42.5 Å². The molecule has 1 N–H and O–H groups in total. The number of anilines is 2. The number of benzene rings is 1. The molecular formula is C16H22N4O. The molecule has 0 aliphatic carbocycles. The summed E-state index contributed by atoms with van der Waals surface area (Å²) in [6, 6.07) is 4.97. The van der Waals surface area contributed by atoms with Gasteiger partial charge in [-0.2, -0.15) is 0 Å². The van der Waals surface area contributed by atoms with Gasteiger partial charge in [0.25, 0.3) is 0 Å². The molecule has 2 saturated heterocycles. The number of oxazole rings is 1. The van der Waals surface area contributed by atoms with Crippen molar-refractivity contribution in [1.29, 1.82) is 0 Å². The Morgan fingerprint density at radius 1 is 1.24 bits per heavy atom. The zero-order chi connectivity index (χ0) is 14.2. The smallest absolute Gasteiger partial charge is 0.182 e. The third kappa shape index (κ3) is 2.25. The molecule has 4 rings (SSSR count). The van der Waals surface area contributed by atoms with E-state index in [0.29, 0.717) is 6.04 Å². The Balaban J connectivity index is 1.78. The summed E-state index contributed by atoms with van der Waals surface area (Å²) in [5.41, 5.74) is 4.39. The Morgan fingerprint density at radius 2 is 2.10 bits per heavy atom. The first-order valence-corrected chi connectivity index (χ1v) is 7.92. The largest absolute Gasteiger partial charge is 0.441 e. The van der Waals surface area contributed by atoms with Gasteiger partial charge in [0, 0.05) is 44.5 Å². The molecule has 5 heteroatoms. The van der Waals surface area contributed by atoms with Crippen LogP contribution >= 0.6 is 0 Å². The topological polar surface area (TPSA) is 44.5 Å². The molecule has 1 aromatic carbocycles. The van der Waals surface area contributed by atoms with Gasteiger partial charge in [-0.25, -0.2) is 4.98 Å². The molecule has 0 amide bonds. The number of hydrogen-bond acceptors (Lipinski definition) is 5. The van der Waals surface area contributed by atoms with Gasteiger partial charge in [-0.1, -0.05) is 0 Å². The van der Waals surface area contributed by atoms with E-state index in [-0.39, 0.29) is 0 Å². The van der Waals surface area contributed by atoms with Gasteiger partial charge in [0.05, 0.1) is 5.69 Å². The Morgan fingerprint density at radius 3 is 2.90 bits per heavy atom. The molecule has 0 bridgehead atoms. The number of nitrogens with one attached hydrogen (secondary N) is 1. The number of nitrogens with zero attached hydrogens (tertiary/aromatic N) is 3. The van der Waals surface area contributed by atoms with Gasteiger partial charge in [0.2, 0.25) is 0 Å². The van der Waals surface area contributed by atoms with E-state index >= 15 is 0 Å². The van der Waals surface area contributed by atoms with E-state index in [2.05, 4.69) is 39.2 Å². The summed E-state index contributed by atoms with van der Waals surface area (Å²) in [6.07, 6.45) is 4.10. The number of fused-ring (bicyclic) bond motifs is 1. The third-order valence-corrected chi connectivity index (χ3v) is 4.68. The van der Waals surface area contributed by atoms with Crippen molar-refractivity contribution in [2.45, 2.75) is 25.8 Å². The molecule has 1 unspecified atom stereocenters. The van der Waals surface area contributed by atoms with Crippen LogP contribution in [0.4, 0.5) is 11.4 Å². The number of hydrogen-bond donors (Lipinski definition) is 1. The van der Waals surface area contributed by atoms with Crippen LogP contribution in [0.2, 0.25) is 0 Å². The average Bonchev–Trinajstić information content (AvgIpc) is 3.18. The van der Waals surface area contributed by atoms with Crippen LogP contribution in [0.15, 0.2) is 22.9 Å². The SMILES string of the molecule is CC1CNCCN1c1cc(N2CCCC2)c2ocnc2c1. The molecule has 1 atom stereocenters. The Hall–Kier alpha value is -1.75. The summed E-state index contributed by atoms with van der Waals surface area (Å²) >= 11 is 0. The second kappa shape index (κ2) is 5.22. The lowest BCUT2D eigenvalue weighted by atomic mass is 10.1. The summed E-state index contributed by atoms with van der Waals surface area (Å²) in [5.74, 6) is 0. The predicted octanol–water partition coefficient (Wildman–Crippen LogP) is 2.23. The highest BCUT2D eigenvalue weighted by Crippen LogP contribution is 2.34. The molecule has 2 aliphatic heterocycles. The number of piperazine rings is 1. The molecule has 2 aromatic rings. The van der Waals surface area contributed by atoms with Crippen molar-refractivity contribution in [3.8, 4) is 0 Å². The lowest BCUT2D eigenvalue weighted by Crippen LogP contribution is -2.49. The summed E-state index contributed by atoms with van der Waals surface area (Å²) in [7, 11) is 0. The molecule has 0 radical (unpaired) electrons. The second-order valence-electron chi connectivity index (χ2n) is 6.11. The summed E-state index contributed by atoms with van der Waals surface area (Å²) in [4.78, 5) is 9.31. The van der Waals surface area contributed by atoms with Gasteiger partial charge in [-0.3, -0.25) is 0 Å². The molecule has 5 nitrogen and oxygen atoms in total. The first kappa shape index (κ1) is 13.0. The van der Waals surface area contributed by atoms with E-state index in [1.165, 1.54) is 24.2 Å². The molecule has 2 aliphatic rings. The van der Waals surface area contributed by atoms with Crippen LogP contribution in [0.1, 0.15) is 19.8 Å². The monoisotopic (exact) mass is 286 g/mol. The average molecular weight is 286 g/mol. The van der Waals surface area contributed by atoms with E-state index in [4.69, 9.17) is 4.42 Å². The van der Waals surface area contributed by atoms with Crippen molar-refractivity contribution >= 4 is 22.5 Å². The quantitative estimate of drug-likeness (QED) is 0.917. The molecule has 0 saturated carbocycles. The van der Waals surface area contributed by atoms with E-state index in [1.807, 2.05) is 0 Å². The van der Waals surface area contributed by atoms with Gasteiger partial charge in [0.15, 0.2) is 12.0 Å². The van der Waals surface area contributed by atoms with Crippen molar-refractivity contribution in [1.82, 2.24) is 10.3 Å². The lowest BCUT2D eigenvalue weighted by Gasteiger charge is -2.36.